The Morgan fingerprint density at radius 1 is 0.524 bits per heavy atom. The van der Waals surface area contributed by atoms with E-state index < -0.39 is 14.9 Å². The van der Waals surface area contributed by atoms with Gasteiger partial charge in [0.25, 0.3) is 0 Å². The van der Waals surface area contributed by atoms with Crippen molar-refractivity contribution in [1.29, 1.82) is 0 Å². The van der Waals surface area contributed by atoms with Crippen molar-refractivity contribution < 1.29 is 29.9 Å². The molecular formula is C75H61N4OPtSi-3. The van der Waals surface area contributed by atoms with Crippen LogP contribution >= 0.6 is 0 Å². The monoisotopic (exact) mass is 1260 g/mol. The van der Waals surface area contributed by atoms with Crippen molar-refractivity contribution in [3.05, 3.63) is 272 Å². The van der Waals surface area contributed by atoms with Gasteiger partial charge in [-0.3, -0.25) is 0 Å². The first kappa shape index (κ1) is 49.3. The van der Waals surface area contributed by atoms with E-state index in [-0.39, 0.29) is 37.5 Å². The fraction of sp³-hybridized carbons (Fsp3) is 0.120. The normalized spacial score (nSPS) is 14.1. The Hall–Kier alpha value is -8.54. The number of hydrogen-bond donors (Lipinski definition) is 0. The van der Waals surface area contributed by atoms with Gasteiger partial charge in [-0.2, -0.15) is 12.1 Å². The number of aromatic nitrogens is 2. The number of fused-ring (bicyclic) bond motifs is 8. The summed E-state index contributed by atoms with van der Waals surface area (Å²) >= 11 is 0. The van der Waals surface area contributed by atoms with E-state index in [2.05, 4.69) is 239 Å². The van der Waals surface area contributed by atoms with Crippen molar-refractivity contribution in [3.63, 3.8) is 0 Å². The molecule has 10 aromatic carbocycles. The summed E-state index contributed by atoms with van der Waals surface area (Å²) in [6, 6.07) is 88.7. The van der Waals surface area contributed by atoms with Crippen molar-refractivity contribution in [2.75, 3.05) is 9.80 Å². The van der Waals surface area contributed by atoms with Crippen molar-refractivity contribution >= 4 is 73.4 Å². The van der Waals surface area contributed by atoms with Gasteiger partial charge in [-0.05, 0) is 125 Å². The minimum Gasteiger partial charge on any atom is -0.509 e. The zero-order valence-corrected chi connectivity index (χ0v) is 49.9. The zero-order valence-electron chi connectivity index (χ0n) is 49.6. The summed E-state index contributed by atoms with van der Waals surface area (Å²) < 4.78 is 35.4. The van der Waals surface area contributed by atoms with Crippen molar-refractivity contribution in [3.8, 4) is 50.7 Å². The van der Waals surface area contributed by atoms with Crippen LogP contribution in [0.5, 0.6) is 11.5 Å². The zero-order chi connectivity index (χ0) is 57.7. The third-order valence-corrected chi connectivity index (χ3v) is 21.3. The number of anilines is 4. The molecule has 4 heterocycles. The van der Waals surface area contributed by atoms with Crippen LogP contribution in [0.3, 0.4) is 0 Å². The Labute approximate surface area is 501 Å². The molecule has 0 radical (unpaired) electrons. The third-order valence-electron chi connectivity index (χ3n) is 16.4. The van der Waals surface area contributed by atoms with Crippen LogP contribution in [-0.4, -0.2) is 17.6 Å². The topological polar surface area (TPSA) is 33.5 Å². The van der Waals surface area contributed by atoms with E-state index in [1.165, 1.54) is 42.8 Å². The van der Waals surface area contributed by atoms with Gasteiger partial charge in [0, 0.05) is 76.6 Å². The molecule has 0 spiro atoms. The predicted molar refractivity (Wildman–Crippen MR) is 340 cm³/mol. The number of ether oxygens (including phenoxy) is 1. The molecule has 0 amide bonds. The summed E-state index contributed by atoms with van der Waals surface area (Å²) in [5.74, 6) is 1.87. The van der Waals surface area contributed by atoms with Crippen molar-refractivity contribution in [1.82, 2.24) is 9.55 Å². The van der Waals surface area contributed by atoms with Gasteiger partial charge in [-0.15, -0.1) is 48.1 Å². The minimum atomic E-state index is -2.96. The molecule has 0 fully saturated rings. The summed E-state index contributed by atoms with van der Waals surface area (Å²) in [5, 5.41) is 7.67. The summed E-state index contributed by atoms with van der Waals surface area (Å²) in [4.78, 5) is 9.48. The Kier molecular flexibility index (Phi) is 12.3. The molecule has 0 bridgehead atoms. The first-order valence-corrected chi connectivity index (χ1v) is 29.8. The van der Waals surface area contributed by atoms with E-state index in [4.69, 9.17) is 13.8 Å². The quantitative estimate of drug-likeness (QED) is 0.107. The summed E-state index contributed by atoms with van der Waals surface area (Å²) in [6.07, 6.45) is 1.93. The van der Waals surface area contributed by atoms with Gasteiger partial charge < -0.3 is 19.1 Å². The summed E-state index contributed by atoms with van der Waals surface area (Å²) in [6.45, 7) is 13.1. The number of nitrogens with zero attached hydrogens (tertiary/aromatic N) is 4. The first-order valence-electron chi connectivity index (χ1n) is 29.3. The second kappa shape index (κ2) is 20.5. The Morgan fingerprint density at radius 2 is 1.13 bits per heavy atom. The number of pyridine rings is 1. The number of para-hydroxylation sites is 2. The average Bonchev–Trinajstić information content (AvgIpc) is 1.56. The maximum Gasteiger partial charge on any atom is 0.180 e. The Morgan fingerprint density at radius 3 is 1.84 bits per heavy atom. The van der Waals surface area contributed by atoms with Gasteiger partial charge in [0.15, 0.2) is 8.07 Å². The molecule has 2 aliphatic rings. The molecule has 14 rings (SSSR count). The van der Waals surface area contributed by atoms with Gasteiger partial charge in [0.05, 0.1) is 0 Å². The van der Waals surface area contributed by atoms with Crippen LogP contribution in [0.2, 0.25) is 0 Å². The predicted octanol–water partition coefficient (Wildman–Crippen LogP) is 16.6. The molecule has 0 saturated carbocycles. The van der Waals surface area contributed by atoms with Crippen LogP contribution in [-0.2, 0) is 31.9 Å². The largest absolute Gasteiger partial charge is 0.509 e. The van der Waals surface area contributed by atoms with Crippen molar-refractivity contribution in [2.45, 2.75) is 59.2 Å². The van der Waals surface area contributed by atoms with Crippen LogP contribution in [0.1, 0.15) is 62.3 Å². The molecule has 404 valence electrons. The van der Waals surface area contributed by atoms with E-state index in [9.17, 15) is 0 Å². The molecule has 2 aliphatic heterocycles. The van der Waals surface area contributed by atoms with E-state index in [1.54, 1.807) is 0 Å². The van der Waals surface area contributed by atoms with Gasteiger partial charge in [0.2, 0.25) is 0 Å². The Balaban J connectivity index is 0.00000672. The van der Waals surface area contributed by atoms with E-state index in [1.807, 2.05) is 72.9 Å². The second-order valence-electron chi connectivity index (χ2n) is 23.4. The molecule has 12 aromatic rings. The van der Waals surface area contributed by atoms with Crippen LogP contribution < -0.4 is 35.3 Å². The maximum absolute atomic E-state index is 8.72. The average molecular weight is 1260 g/mol. The number of rotatable bonds is 9. The molecule has 2 aromatic heterocycles. The first-order chi connectivity index (χ1) is 40.6. The smallest absolute Gasteiger partial charge is 0.180 e. The fourth-order valence-corrected chi connectivity index (χ4v) is 18.0. The maximum atomic E-state index is 8.72. The Bertz CT molecular complexity index is 4490. The summed E-state index contributed by atoms with van der Waals surface area (Å²) in [5.41, 5.74) is 13.7. The van der Waals surface area contributed by atoms with Crippen LogP contribution in [0.15, 0.2) is 237 Å². The number of benzene rings is 10. The van der Waals surface area contributed by atoms with Crippen LogP contribution in [0, 0.1) is 25.7 Å². The molecule has 0 saturated heterocycles. The SMILES string of the molecule is [2H]C([2H])([2H])c1cc(-c2ccccc2)c(N2[CH-]N(c3[c-]c(Oc4[c-]c5c(cc4)c4c6c(ccc4n5-c4cc(C(C)(C)C)ccn4)-c4ccccc4[Si]6(c4ccccc4)c4ccccc4)ccc3)c3ccccc32)c(-c2cccc(C(C)(C)C)c2)c1.[Pt]. The minimum absolute atomic E-state index is 0. The molecule has 0 unspecified atom stereocenters. The molecule has 82 heavy (non-hydrogen) atoms. The van der Waals surface area contributed by atoms with Crippen LogP contribution in [0.4, 0.5) is 22.7 Å². The molecule has 7 heteroatoms. The second-order valence-corrected chi connectivity index (χ2v) is 27.1. The standard InChI is InChI=1S/C75H61N4OSi.Pt/c1-50-43-63(51-23-11-8-12-24-51)72(64(44-50)52-25-21-26-53(45-52)74(2,3)4)78-49-77(65-34-18-19-35-66(65)78)55-27-22-28-56(47-55)80-57-37-38-62-68(48-57)79(70-46-54(41-42-76-70)75(5,6)7)67-40-39-61-60-33-17-20-36-69(60)81(73(61)71(62)67,58-29-13-9-14-30-58)59-31-15-10-16-32-59;/h8-46,49H,1-7H3;/q-3;/i1D3;. The number of hydrogen-bond acceptors (Lipinski definition) is 4. The third kappa shape index (κ3) is 8.74. The fourth-order valence-electron chi connectivity index (χ4n) is 12.6. The van der Waals surface area contributed by atoms with Gasteiger partial charge in [0.1, 0.15) is 5.82 Å². The van der Waals surface area contributed by atoms with Gasteiger partial charge in [-0.1, -0.05) is 205 Å². The van der Waals surface area contributed by atoms with Crippen molar-refractivity contribution in [2.24, 2.45) is 0 Å². The van der Waals surface area contributed by atoms with Crippen LogP contribution in [0.25, 0.3) is 61.0 Å². The molecular weight excluding hydrogens is 1200 g/mol. The molecule has 0 N–H and O–H groups in total. The van der Waals surface area contributed by atoms with Gasteiger partial charge >= 0.3 is 0 Å². The van der Waals surface area contributed by atoms with E-state index in [0.29, 0.717) is 11.5 Å². The van der Waals surface area contributed by atoms with E-state index in [0.717, 1.165) is 72.8 Å². The molecule has 0 aliphatic carbocycles. The number of aryl methyl sites for hydroxylation is 1. The summed E-state index contributed by atoms with van der Waals surface area (Å²) in [7, 11) is -2.96. The molecule has 5 nitrogen and oxygen atoms in total. The molecule has 0 atom stereocenters. The van der Waals surface area contributed by atoms with Gasteiger partial charge in [-0.25, -0.2) is 4.98 Å². The van der Waals surface area contributed by atoms with E-state index >= 15 is 0 Å².